The molecular formula is C16H16Cl2N3O+. The van der Waals surface area contributed by atoms with Gasteiger partial charge in [-0.1, -0.05) is 35.3 Å². The molecule has 3 rings (SSSR count). The van der Waals surface area contributed by atoms with Gasteiger partial charge in [0.2, 0.25) is 0 Å². The molecule has 1 aliphatic heterocycles. The van der Waals surface area contributed by atoms with E-state index in [4.69, 9.17) is 23.2 Å². The summed E-state index contributed by atoms with van der Waals surface area (Å²) in [4.78, 5) is 19.8. The molecule has 0 atom stereocenters. The zero-order valence-electron chi connectivity index (χ0n) is 11.9. The number of carbonyl (C=O) groups excluding carboxylic acids is 1. The Hall–Kier alpha value is -1.78. The zero-order valence-corrected chi connectivity index (χ0v) is 13.4. The van der Waals surface area contributed by atoms with Crippen molar-refractivity contribution < 1.29 is 9.78 Å². The van der Waals surface area contributed by atoms with Crippen molar-refractivity contribution in [2.75, 3.05) is 31.1 Å². The van der Waals surface area contributed by atoms with Gasteiger partial charge in [-0.3, -0.25) is 9.69 Å². The number of carbonyl (C=O) groups is 1. The first-order valence-corrected chi connectivity index (χ1v) is 7.87. The Morgan fingerprint density at radius 3 is 2.45 bits per heavy atom. The van der Waals surface area contributed by atoms with Gasteiger partial charge in [-0.05, 0) is 18.2 Å². The zero-order chi connectivity index (χ0) is 15.5. The first-order valence-electron chi connectivity index (χ1n) is 7.12. The van der Waals surface area contributed by atoms with Crippen LogP contribution in [0.3, 0.4) is 0 Å². The maximum atomic E-state index is 12.6. The number of anilines is 1. The maximum absolute atomic E-state index is 12.6. The van der Waals surface area contributed by atoms with Gasteiger partial charge in [0.1, 0.15) is 13.1 Å². The van der Waals surface area contributed by atoms with Gasteiger partial charge in [0.15, 0.2) is 0 Å². The van der Waals surface area contributed by atoms with Crippen LogP contribution in [-0.4, -0.2) is 37.0 Å². The average molecular weight is 337 g/mol. The van der Waals surface area contributed by atoms with E-state index in [1.807, 2.05) is 29.3 Å². The summed E-state index contributed by atoms with van der Waals surface area (Å²) < 4.78 is 0. The molecule has 0 unspecified atom stereocenters. The average Bonchev–Trinajstić information content (AvgIpc) is 2.58. The fourth-order valence-corrected chi connectivity index (χ4v) is 2.95. The second kappa shape index (κ2) is 6.55. The van der Waals surface area contributed by atoms with E-state index < -0.39 is 0 Å². The number of aromatic nitrogens is 1. The molecule has 0 saturated carbocycles. The lowest BCUT2D eigenvalue weighted by molar-refractivity contribution is -0.364. The maximum Gasteiger partial charge on any atom is 0.274 e. The lowest BCUT2D eigenvalue weighted by Crippen LogP contribution is -2.50. The number of nitrogens with one attached hydrogen (secondary N) is 1. The van der Waals surface area contributed by atoms with Crippen molar-refractivity contribution in [3.63, 3.8) is 0 Å². The second-order valence-electron chi connectivity index (χ2n) is 5.13. The smallest absolute Gasteiger partial charge is 0.274 e. The van der Waals surface area contributed by atoms with Gasteiger partial charge in [-0.15, -0.1) is 0 Å². The van der Waals surface area contributed by atoms with E-state index in [9.17, 15) is 4.79 Å². The highest BCUT2D eigenvalue weighted by molar-refractivity contribution is 6.43. The largest absolute Gasteiger partial charge is 0.331 e. The van der Waals surface area contributed by atoms with Gasteiger partial charge in [0.25, 0.3) is 11.7 Å². The number of piperazine rings is 1. The minimum absolute atomic E-state index is 0.0656. The third kappa shape index (κ3) is 3.03. The summed E-state index contributed by atoms with van der Waals surface area (Å²) in [5.74, 6) is 1.000. The third-order valence-corrected chi connectivity index (χ3v) is 4.60. The third-order valence-electron chi connectivity index (χ3n) is 3.78. The van der Waals surface area contributed by atoms with Crippen molar-refractivity contribution in [2.24, 2.45) is 0 Å². The molecule has 22 heavy (non-hydrogen) atoms. The summed E-state index contributed by atoms with van der Waals surface area (Å²) in [7, 11) is 0. The highest BCUT2D eigenvalue weighted by Gasteiger charge is 2.27. The predicted molar refractivity (Wildman–Crippen MR) is 87.6 cm³/mol. The Morgan fingerprint density at radius 1 is 1.00 bits per heavy atom. The Labute approximate surface area is 139 Å². The van der Waals surface area contributed by atoms with Crippen LogP contribution < -0.4 is 9.88 Å². The van der Waals surface area contributed by atoms with Crippen molar-refractivity contribution in [3.8, 4) is 0 Å². The summed E-state index contributed by atoms with van der Waals surface area (Å²) >= 11 is 12.1. The van der Waals surface area contributed by atoms with Crippen molar-refractivity contribution in [2.45, 2.75) is 0 Å². The molecule has 0 spiro atoms. The van der Waals surface area contributed by atoms with Gasteiger partial charge in [0, 0.05) is 6.07 Å². The predicted octanol–water partition coefficient (Wildman–Crippen LogP) is 2.77. The van der Waals surface area contributed by atoms with Crippen molar-refractivity contribution in [3.05, 3.63) is 58.2 Å². The number of halogens is 2. The Balaban J connectivity index is 1.69. The number of benzene rings is 1. The Morgan fingerprint density at radius 2 is 1.77 bits per heavy atom. The molecular weight excluding hydrogens is 321 g/mol. The van der Waals surface area contributed by atoms with Crippen molar-refractivity contribution in [1.82, 2.24) is 4.90 Å². The molecule has 1 aliphatic rings. The van der Waals surface area contributed by atoms with Gasteiger partial charge < -0.3 is 4.90 Å². The Kier molecular flexibility index (Phi) is 4.50. The minimum Gasteiger partial charge on any atom is -0.331 e. The summed E-state index contributed by atoms with van der Waals surface area (Å²) in [5.41, 5.74) is 0.467. The van der Waals surface area contributed by atoms with E-state index in [1.54, 1.807) is 18.2 Å². The summed E-state index contributed by atoms with van der Waals surface area (Å²) in [6.07, 6.45) is 1.90. The monoisotopic (exact) mass is 336 g/mol. The molecule has 1 aromatic carbocycles. The summed E-state index contributed by atoms with van der Waals surface area (Å²) in [6.45, 7) is 2.88. The number of H-pyrrole nitrogens is 1. The first kappa shape index (κ1) is 15.1. The lowest BCUT2D eigenvalue weighted by Gasteiger charge is -2.31. The normalized spacial score (nSPS) is 15.0. The number of amides is 1. The molecule has 1 amide bonds. The molecule has 4 nitrogen and oxygen atoms in total. The number of pyridine rings is 1. The Bertz CT molecular complexity index is 670. The number of aromatic amines is 1. The molecule has 1 fully saturated rings. The number of hydrogen-bond donors (Lipinski definition) is 0. The second-order valence-corrected chi connectivity index (χ2v) is 5.91. The topological polar surface area (TPSA) is 37.7 Å². The molecule has 0 bridgehead atoms. The molecule has 1 saturated heterocycles. The van der Waals surface area contributed by atoms with E-state index in [0.29, 0.717) is 28.7 Å². The molecule has 2 aromatic rings. The molecule has 0 radical (unpaired) electrons. The van der Waals surface area contributed by atoms with Crippen LogP contribution >= 0.6 is 23.2 Å². The fraction of sp³-hybridized carbons (Fsp3) is 0.250. The van der Waals surface area contributed by atoms with Crippen LogP contribution in [0.5, 0.6) is 0 Å². The van der Waals surface area contributed by atoms with Gasteiger partial charge in [-0.25, -0.2) is 4.98 Å². The molecule has 1 aromatic heterocycles. The minimum atomic E-state index is -0.0656. The van der Waals surface area contributed by atoms with E-state index in [1.165, 1.54) is 0 Å². The van der Waals surface area contributed by atoms with Crippen molar-refractivity contribution >= 4 is 34.9 Å². The van der Waals surface area contributed by atoms with Gasteiger partial charge in [0.05, 0.1) is 34.9 Å². The van der Waals surface area contributed by atoms with Crippen LogP contribution in [0.25, 0.3) is 0 Å². The van der Waals surface area contributed by atoms with E-state index in [0.717, 1.165) is 18.9 Å². The van der Waals surface area contributed by atoms with Crippen LogP contribution in [-0.2, 0) is 0 Å². The number of nitrogens with zero attached hydrogens (tertiary/aromatic N) is 2. The van der Waals surface area contributed by atoms with Gasteiger partial charge >= 0.3 is 0 Å². The van der Waals surface area contributed by atoms with Crippen LogP contribution in [0.2, 0.25) is 10.0 Å². The van der Waals surface area contributed by atoms with Crippen LogP contribution in [0.15, 0.2) is 42.6 Å². The number of hydrogen-bond acceptors (Lipinski definition) is 2. The molecule has 2 heterocycles. The van der Waals surface area contributed by atoms with E-state index in [-0.39, 0.29) is 5.91 Å². The SMILES string of the molecule is O=C(c1cccc(Cl)c1Cl)N1CCN(c2cccc[nH+]2)CC1. The van der Waals surface area contributed by atoms with E-state index >= 15 is 0 Å². The summed E-state index contributed by atoms with van der Waals surface area (Å²) in [5, 5.41) is 0.734. The first-order chi connectivity index (χ1) is 10.7. The highest BCUT2D eigenvalue weighted by atomic mass is 35.5. The van der Waals surface area contributed by atoms with Crippen LogP contribution in [0, 0.1) is 0 Å². The molecule has 6 heteroatoms. The standard InChI is InChI=1S/C16H15Cl2N3O/c17-13-5-3-4-12(15(13)18)16(22)21-10-8-20(9-11-21)14-6-1-2-7-19-14/h1-7H,8-11H2/p+1. The number of rotatable bonds is 2. The van der Waals surface area contributed by atoms with Crippen LogP contribution in [0.4, 0.5) is 5.82 Å². The molecule has 114 valence electrons. The van der Waals surface area contributed by atoms with E-state index in [2.05, 4.69) is 9.88 Å². The molecule has 0 aliphatic carbocycles. The van der Waals surface area contributed by atoms with Crippen LogP contribution in [0.1, 0.15) is 10.4 Å². The highest BCUT2D eigenvalue weighted by Crippen LogP contribution is 2.27. The molecule has 1 N–H and O–H groups in total. The van der Waals surface area contributed by atoms with Gasteiger partial charge in [-0.2, -0.15) is 0 Å². The van der Waals surface area contributed by atoms with Crippen molar-refractivity contribution in [1.29, 1.82) is 0 Å². The lowest BCUT2D eigenvalue weighted by atomic mass is 10.1. The fourth-order valence-electron chi connectivity index (χ4n) is 2.57. The summed E-state index contributed by atoms with van der Waals surface area (Å²) in [6, 6.07) is 11.1. The quantitative estimate of drug-likeness (QED) is 0.845.